The second-order valence-corrected chi connectivity index (χ2v) is 6.82. The lowest BCUT2D eigenvalue weighted by atomic mass is 9.99. The third-order valence-electron chi connectivity index (χ3n) is 2.87. The van der Waals surface area contributed by atoms with Crippen LogP contribution in [0.4, 0.5) is 0 Å². The largest absolute Gasteiger partial charge is 0.317 e. The first-order valence-electron chi connectivity index (χ1n) is 6.28. The van der Waals surface area contributed by atoms with Gasteiger partial charge in [0, 0.05) is 0 Å². The van der Waals surface area contributed by atoms with Gasteiger partial charge in [-0.25, -0.2) is 0 Å². The Balaban J connectivity index is 2.19. The van der Waals surface area contributed by atoms with Crippen molar-refractivity contribution in [2.24, 2.45) is 5.92 Å². The van der Waals surface area contributed by atoms with E-state index >= 15 is 0 Å². The van der Waals surface area contributed by atoms with E-state index in [0.717, 1.165) is 34.1 Å². The lowest BCUT2D eigenvalue weighted by Gasteiger charge is -2.11. The molecule has 1 aromatic rings. The van der Waals surface area contributed by atoms with Gasteiger partial charge in [0.2, 0.25) is 0 Å². The van der Waals surface area contributed by atoms with Crippen LogP contribution < -0.4 is 5.32 Å². The molecule has 0 spiro atoms. The Morgan fingerprint density at radius 3 is 2.65 bits per heavy atom. The van der Waals surface area contributed by atoms with E-state index in [1.807, 2.05) is 6.07 Å². The minimum Gasteiger partial charge on any atom is -0.317 e. The number of rotatable bonds is 8. The van der Waals surface area contributed by atoms with Crippen LogP contribution in [0.25, 0.3) is 0 Å². The average molecular weight is 294 g/mol. The van der Waals surface area contributed by atoms with Crippen LogP contribution in [-0.4, -0.2) is 13.1 Å². The zero-order valence-corrected chi connectivity index (χ0v) is 12.9. The SMILES string of the molecule is CCCNCCC(C)CCc1cc(Cl)sc1Cl. The number of halogens is 2. The highest BCUT2D eigenvalue weighted by atomic mass is 35.5. The number of thiophene rings is 1. The molecule has 0 saturated carbocycles. The van der Waals surface area contributed by atoms with E-state index in [-0.39, 0.29) is 0 Å². The lowest BCUT2D eigenvalue weighted by molar-refractivity contribution is 0.470. The third-order valence-corrected chi connectivity index (χ3v) is 4.44. The summed E-state index contributed by atoms with van der Waals surface area (Å²) in [5.41, 5.74) is 1.20. The van der Waals surface area contributed by atoms with Gasteiger partial charge in [0.1, 0.15) is 0 Å². The lowest BCUT2D eigenvalue weighted by Crippen LogP contribution is -2.18. The molecule has 0 bridgehead atoms. The monoisotopic (exact) mass is 293 g/mol. The molecule has 1 atom stereocenters. The van der Waals surface area contributed by atoms with Crippen molar-refractivity contribution in [1.29, 1.82) is 0 Å². The summed E-state index contributed by atoms with van der Waals surface area (Å²) in [7, 11) is 0. The quantitative estimate of drug-likeness (QED) is 0.664. The van der Waals surface area contributed by atoms with Crippen molar-refractivity contribution in [2.75, 3.05) is 13.1 Å². The van der Waals surface area contributed by atoms with Crippen LogP contribution in [0.3, 0.4) is 0 Å². The second kappa shape index (κ2) is 8.36. The fourth-order valence-corrected chi connectivity index (χ4v) is 3.29. The Morgan fingerprint density at radius 2 is 2.06 bits per heavy atom. The topological polar surface area (TPSA) is 12.0 Å². The van der Waals surface area contributed by atoms with E-state index in [1.165, 1.54) is 36.2 Å². The third kappa shape index (κ3) is 6.10. The molecule has 1 N–H and O–H groups in total. The van der Waals surface area contributed by atoms with Crippen molar-refractivity contribution in [2.45, 2.75) is 39.5 Å². The number of hydrogen-bond donors (Lipinski definition) is 1. The van der Waals surface area contributed by atoms with E-state index in [1.54, 1.807) is 0 Å². The molecular formula is C13H21Cl2NS. The molecule has 0 aliphatic rings. The maximum atomic E-state index is 6.10. The van der Waals surface area contributed by atoms with E-state index in [4.69, 9.17) is 23.2 Å². The van der Waals surface area contributed by atoms with E-state index in [0.29, 0.717) is 0 Å². The van der Waals surface area contributed by atoms with Gasteiger partial charge in [-0.15, -0.1) is 11.3 Å². The zero-order chi connectivity index (χ0) is 12.7. The van der Waals surface area contributed by atoms with Crippen molar-refractivity contribution >= 4 is 34.5 Å². The van der Waals surface area contributed by atoms with Gasteiger partial charge in [-0.2, -0.15) is 0 Å². The van der Waals surface area contributed by atoms with Gasteiger partial charge in [0.25, 0.3) is 0 Å². The molecule has 0 radical (unpaired) electrons. The molecule has 0 amide bonds. The van der Waals surface area contributed by atoms with Crippen LogP contribution in [0, 0.1) is 5.92 Å². The first kappa shape index (κ1) is 15.3. The predicted octanol–water partition coefficient (Wildman–Crippen LogP) is 5.01. The molecular weight excluding hydrogens is 273 g/mol. The molecule has 17 heavy (non-hydrogen) atoms. The molecule has 1 unspecified atom stereocenters. The maximum absolute atomic E-state index is 6.10. The Bertz CT molecular complexity index is 325. The van der Waals surface area contributed by atoms with Crippen molar-refractivity contribution in [3.63, 3.8) is 0 Å². The maximum Gasteiger partial charge on any atom is 0.0976 e. The Morgan fingerprint density at radius 1 is 1.29 bits per heavy atom. The Labute approximate surface area is 119 Å². The molecule has 0 aliphatic heterocycles. The molecule has 1 heterocycles. The highest BCUT2D eigenvalue weighted by Crippen LogP contribution is 2.32. The number of nitrogens with one attached hydrogen (secondary N) is 1. The highest BCUT2D eigenvalue weighted by molar-refractivity contribution is 7.20. The summed E-state index contributed by atoms with van der Waals surface area (Å²) in [6, 6.07) is 2.00. The predicted molar refractivity (Wildman–Crippen MR) is 79.6 cm³/mol. The van der Waals surface area contributed by atoms with Crippen molar-refractivity contribution < 1.29 is 0 Å². The second-order valence-electron chi connectivity index (χ2n) is 4.53. The number of aryl methyl sites for hydroxylation is 1. The summed E-state index contributed by atoms with van der Waals surface area (Å²) in [4.78, 5) is 0. The van der Waals surface area contributed by atoms with Gasteiger partial charge in [-0.3, -0.25) is 0 Å². The van der Waals surface area contributed by atoms with Crippen LogP contribution in [0.15, 0.2) is 6.07 Å². The van der Waals surface area contributed by atoms with Crippen molar-refractivity contribution in [3.05, 3.63) is 20.3 Å². The molecule has 1 nitrogen and oxygen atoms in total. The first-order chi connectivity index (χ1) is 8.13. The van der Waals surface area contributed by atoms with Crippen LogP contribution >= 0.6 is 34.5 Å². The fraction of sp³-hybridized carbons (Fsp3) is 0.692. The highest BCUT2D eigenvalue weighted by Gasteiger charge is 2.08. The molecule has 1 aromatic heterocycles. The number of hydrogen-bond acceptors (Lipinski definition) is 2. The Kier molecular flexibility index (Phi) is 7.52. The van der Waals surface area contributed by atoms with Gasteiger partial charge in [-0.05, 0) is 56.3 Å². The van der Waals surface area contributed by atoms with Crippen LogP contribution in [-0.2, 0) is 6.42 Å². The minimum atomic E-state index is 0.731. The van der Waals surface area contributed by atoms with Crippen molar-refractivity contribution in [3.8, 4) is 0 Å². The molecule has 4 heteroatoms. The summed E-state index contributed by atoms with van der Waals surface area (Å²) < 4.78 is 1.65. The summed E-state index contributed by atoms with van der Waals surface area (Å²) in [5, 5.41) is 3.43. The average Bonchev–Trinajstić information content (AvgIpc) is 2.61. The summed E-state index contributed by atoms with van der Waals surface area (Å²) in [5.74, 6) is 0.731. The zero-order valence-electron chi connectivity index (χ0n) is 10.6. The molecule has 1 rings (SSSR count). The Hall–Kier alpha value is 0.240. The van der Waals surface area contributed by atoms with Gasteiger partial charge in [0.05, 0.1) is 8.67 Å². The summed E-state index contributed by atoms with van der Waals surface area (Å²) >= 11 is 13.5. The summed E-state index contributed by atoms with van der Waals surface area (Å²) in [6.45, 7) is 6.74. The molecule has 0 aromatic carbocycles. The van der Waals surface area contributed by atoms with Gasteiger partial charge >= 0.3 is 0 Å². The minimum absolute atomic E-state index is 0.731. The van der Waals surface area contributed by atoms with Crippen LogP contribution in [0.5, 0.6) is 0 Å². The normalized spacial score (nSPS) is 12.9. The smallest absolute Gasteiger partial charge is 0.0976 e. The molecule has 0 fully saturated rings. The van der Waals surface area contributed by atoms with Gasteiger partial charge in [-0.1, -0.05) is 37.0 Å². The van der Waals surface area contributed by atoms with E-state index < -0.39 is 0 Å². The standard InChI is InChI=1S/C13H21Cl2NS/c1-3-7-16-8-6-10(2)4-5-11-9-12(14)17-13(11)15/h9-10,16H,3-8H2,1-2H3. The van der Waals surface area contributed by atoms with Gasteiger partial charge in [0.15, 0.2) is 0 Å². The van der Waals surface area contributed by atoms with Crippen LogP contribution in [0.1, 0.15) is 38.7 Å². The fourth-order valence-electron chi connectivity index (χ4n) is 1.74. The molecule has 98 valence electrons. The van der Waals surface area contributed by atoms with Gasteiger partial charge < -0.3 is 5.32 Å². The van der Waals surface area contributed by atoms with Crippen LogP contribution in [0.2, 0.25) is 8.67 Å². The van der Waals surface area contributed by atoms with E-state index in [9.17, 15) is 0 Å². The molecule has 0 saturated heterocycles. The molecule has 0 aliphatic carbocycles. The first-order valence-corrected chi connectivity index (χ1v) is 7.85. The summed E-state index contributed by atoms with van der Waals surface area (Å²) in [6.07, 6.45) is 4.66. The van der Waals surface area contributed by atoms with E-state index in [2.05, 4.69) is 19.2 Å². The van der Waals surface area contributed by atoms with Crippen molar-refractivity contribution in [1.82, 2.24) is 5.32 Å².